The van der Waals surface area contributed by atoms with Crippen LogP contribution < -0.4 is 10.1 Å². The molecule has 2 aromatic carbocycles. The summed E-state index contributed by atoms with van der Waals surface area (Å²) in [6.07, 6.45) is -4.46. The highest BCUT2D eigenvalue weighted by Gasteiger charge is 2.33. The molecule has 2 aromatic rings. The minimum Gasteiger partial charge on any atom is -0.495 e. The Morgan fingerprint density at radius 1 is 1.12 bits per heavy atom. The highest BCUT2D eigenvalue weighted by Crippen LogP contribution is 2.32. The molecule has 7 heteroatoms. The molecule has 0 aliphatic carbocycles. The summed E-state index contributed by atoms with van der Waals surface area (Å²) in [7, 11) is 2.90. The molecule has 0 unspecified atom stereocenters. The summed E-state index contributed by atoms with van der Waals surface area (Å²) < 4.78 is 44.2. The van der Waals surface area contributed by atoms with E-state index in [9.17, 15) is 18.0 Å². The third kappa shape index (κ3) is 4.18. The quantitative estimate of drug-likeness (QED) is 0.899. The van der Waals surface area contributed by atoms with Crippen LogP contribution >= 0.6 is 0 Å². The lowest BCUT2D eigenvalue weighted by molar-refractivity contribution is -0.138. The van der Waals surface area contributed by atoms with Crippen LogP contribution in [0.5, 0.6) is 5.75 Å². The van der Waals surface area contributed by atoms with Crippen molar-refractivity contribution in [3.8, 4) is 5.75 Å². The number of carbonyl (C=O) groups is 1. The van der Waals surface area contributed by atoms with E-state index in [4.69, 9.17) is 4.74 Å². The van der Waals surface area contributed by atoms with Gasteiger partial charge in [0.05, 0.1) is 18.4 Å². The Bertz CT molecular complexity index is 717. The summed E-state index contributed by atoms with van der Waals surface area (Å²) in [5, 5.41) is 2.62. The fraction of sp³-hybridized carbons (Fsp3) is 0.235. The largest absolute Gasteiger partial charge is 0.495 e. The zero-order chi connectivity index (χ0) is 17.7. The monoisotopic (exact) mass is 338 g/mol. The molecule has 24 heavy (non-hydrogen) atoms. The van der Waals surface area contributed by atoms with Crippen LogP contribution in [0.2, 0.25) is 0 Å². The smallest absolute Gasteiger partial charge is 0.416 e. The van der Waals surface area contributed by atoms with Gasteiger partial charge in [0.15, 0.2) is 0 Å². The van der Waals surface area contributed by atoms with Crippen LogP contribution in [-0.4, -0.2) is 25.1 Å². The number of ether oxygens (including phenoxy) is 1. The van der Waals surface area contributed by atoms with E-state index in [-0.39, 0.29) is 12.1 Å². The third-order valence-corrected chi connectivity index (χ3v) is 3.43. The van der Waals surface area contributed by atoms with Crippen LogP contribution in [0.15, 0.2) is 48.5 Å². The molecule has 0 aromatic heterocycles. The van der Waals surface area contributed by atoms with Crippen molar-refractivity contribution >= 4 is 11.7 Å². The molecular weight excluding hydrogens is 321 g/mol. The number of carbonyl (C=O) groups excluding carboxylic acids is 1. The van der Waals surface area contributed by atoms with Crippen molar-refractivity contribution in [2.24, 2.45) is 0 Å². The maximum absolute atomic E-state index is 13.0. The van der Waals surface area contributed by atoms with Crippen LogP contribution in [0.25, 0.3) is 0 Å². The normalized spacial score (nSPS) is 11.0. The maximum atomic E-state index is 13.0. The van der Waals surface area contributed by atoms with Gasteiger partial charge in [0.25, 0.3) is 0 Å². The Labute approximate surface area is 137 Å². The minimum absolute atomic E-state index is 0.0303. The van der Waals surface area contributed by atoms with Crippen LogP contribution in [0.3, 0.4) is 0 Å². The minimum atomic E-state index is -4.46. The number of urea groups is 1. The van der Waals surface area contributed by atoms with Crippen molar-refractivity contribution in [2.75, 3.05) is 19.5 Å². The van der Waals surface area contributed by atoms with Crippen LogP contribution in [-0.2, 0) is 12.7 Å². The van der Waals surface area contributed by atoms with E-state index in [1.54, 1.807) is 24.3 Å². The molecule has 0 aliphatic rings. The molecule has 0 radical (unpaired) electrons. The number of hydrogen-bond donors (Lipinski definition) is 1. The van der Waals surface area contributed by atoms with E-state index in [1.165, 1.54) is 37.3 Å². The first-order valence-electron chi connectivity index (χ1n) is 7.13. The molecule has 128 valence electrons. The molecule has 2 rings (SSSR count). The number of halogens is 3. The molecule has 0 saturated carbocycles. The van der Waals surface area contributed by atoms with Gasteiger partial charge in [0.2, 0.25) is 0 Å². The first kappa shape index (κ1) is 17.7. The third-order valence-electron chi connectivity index (χ3n) is 3.43. The molecular formula is C17H17F3N2O2. The lowest BCUT2D eigenvalue weighted by Crippen LogP contribution is -2.31. The van der Waals surface area contributed by atoms with Gasteiger partial charge in [-0.15, -0.1) is 0 Å². The fourth-order valence-electron chi connectivity index (χ4n) is 2.22. The molecule has 0 spiro atoms. The molecule has 0 fully saturated rings. The van der Waals surface area contributed by atoms with Crippen LogP contribution in [0.1, 0.15) is 11.1 Å². The van der Waals surface area contributed by atoms with Gasteiger partial charge in [-0.3, -0.25) is 0 Å². The molecule has 0 heterocycles. The Hall–Kier alpha value is -2.70. The van der Waals surface area contributed by atoms with E-state index >= 15 is 0 Å². The van der Waals surface area contributed by atoms with Gasteiger partial charge in [-0.1, -0.05) is 30.3 Å². The van der Waals surface area contributed by atoms with E-state index in [2.05, 4.69) is 5.32 Å². The van der Waals surface area contributed by atoms with Crippen molar-refractivity contribution in [1.82, 2.24) is 4.90 Å². The van der Waals surface area contributed by atoms with Gasteiger partial charge < -0.3 is 15.0 Å². The summed E-state index contributed by atoms with van der Waals surface area (Å²) in [4.78, 5) is 13.4. The number of rotatable bonds is 4. The summed E-state index contributed by atoms with van der Waals surface area (Å²) in [5.74, 6) is 0.468. The van der Waals surface area contributed by atoms with Gasteiger partial charge in [-0.05, 0) is 23.8 Å². The van der Waals surface area contributed by atoms with Crippen LogP contribution in [0.4, 0.5) is 23.7 Å². The number of para-hydroxylation sites is 2. The molecule has 0 saturated heterocycles. The van der Waals surface area contributed by atoms with Crippen molar-refractivity contribution in [3.63, 3.8) is 0 Å². The zero-order valence-electron chi connectivity index (χ0n) is 13.2. The van der Waals surface area contributed by atoms with E-state index in [0.717, 1.165) is 6.07 Å². The Kier molecular flexibility index (Phi) is 5.33. The first-order chi connectivity index (χ1) is 11.3. The van der Waals surface area contributed by atoms with Crippen molar-refractivity contribution in [2.45, 2.75) is 12.7 Å². The second-order valence-electron chi connectivity index (χ2n) is 5.14. The topological polar surface area (TPSA) is 41.6 Å². The number of hydrogen-bond acceptors (Lipinski definition) is 2. The molecule has 0 aliphatic heterocycles. The molecule has 4 nitrogen and oxygen atoms in total. The second kappa shape index (κ2) is 7.25. The number of anilines is 1. The standard InChI is InChI=1S/C17H17F3N2O2/c1-22(11-12-7-3-4-8-13(12)17(18,19)20)16(23)21-14-9-5-6-10-15(14)24-2/h3-10H,11H2,1-2H3,(H,21,23). The number of benzene rings is 2. The van der Waals surface area contributed by atoms with Crippen molar-refractivity contribution < 1.29 is 22.7 Å². The van der Waals surface area contributed by atoms with Crippen molar-refractivity contribution in [3.05, 3.63) is 59.7 Å². The lowest BCUT2D eigenvalue weighted by Gasteiger charge is -2.21. The summed E-state index contributed by atoms with van der Waals surface area (Å²) in [5.41, 5.74) is -0.273. The molecule has 2 amide bonds. The average molecular weight is 338 g/mol. The van der Waals surface area contributed by atoms with Gasteiger partial charge in [0.1, 0.15) is 5.75 Å². The Balaban J connectivity index is 2.13. The van der Waals surface area contributed by atoms with Crippen molar-refractivity contribution in [1.29, 1.82) is 0 Å². The Morgan fingerprint density at radius 3 is 2.42 bits per heavy atom. The van der Waals surface area contributed by atoms with Gasteiger partial charge in [-0.25, -0.2) is 4.79 Å². The van der Waals surface area contributed by atoms with Gasteiger partial charge in [0, 0.05) is 13.6 Å². The number of alkyl halides is 3. The summed E-state index contributed by atoms with van der Waals surface area (Å²) in [6, 6.07) is 11.4. The van der Waals surface area contributed by atoms with E-state index in [1.807, 2.05) is 0 Å². The number of amides is 2. The predicted molar refractivity (Wildman–Crippen MR) is 84.9 cm³/mol. The molecule has 0 bridgehead atoms. The lowest BCUT2D eigenvalue weighted by atomic mass is 10.1. The van der Waals surface area contributed by atoms with Gasteiger partial charge in [-0.2, -0.15) is 13.2 Å². The van der Waals surface area contributed by atoms with Gasteiger partial charge >= 0.3 is 12.2 Å². The summed E-state index contributed by atoms with van der Waals surface area (Å²) in [6.45, 7) is -0.170. The second-order valence-corrected chi connectivity index (χ2v) is 5.14. The molecule has 1 N–H and O–H groups in total. The number of nitrogens with zero attached hydrogens (tertiary/aromatic N) is 1. The SMILES string of the molecule is COc1ccccc1NC(=O)N(C)Cc1ccccc1C(F)(F)F. The Morgan fingerprint density at radius 2 is 1.75 bits per heavy atom. The number of methoxy groups -OCH3 is 1. The highest BCUT2D eigenvalue weighted by atomic mass is 19.4. The van der Waals surface area contributed by atoms with E-state index in [0.29, 0.717) is 11.4 Å². The fourth-order valence-corrected chi connectivity index (χ4v) is 2.22. The zero-order valence-corrected chi connectivity index (χ0v) is 13.2. The highest BCUT2D eigenvalue weighted by molar-refractivity contribution is 5.90. The van der Waals surface area contributed by atoms with Crippen LogP contribution in [0, 0.1) is 0 Å². The maximum Gasteiger partial charge on any atom is 0.416 e. The number of nitrogens with one attached hydrogen (secondary N) is 1. The predicted octanol–water partition coefficient (Wildman–Crippen LogP) is 4.38. The first-order valence-corrected chi connectivity index (χ1v) is 7.13. The molecule has 0 atom stereocenters. The summed E-state index contributed by atoms with van der Waals surface area (Å²) >= 11 is 0. The van der Waals surface area contributed by atoms with E-state index < -0.39 is 17.8 Å². The average Bonchev–Trinajstić information content (AvgIpc) is 2.54.